The lowest BCUT2D eigenvalue weighted by atomic mass is 10.0. The molecule has 1 fully saturated rings. The van der Waals surface area contributed by atoms with Gasteiger partial charge in [0.25, 0.3) is 11.6 Å². The smallest absolute Gasteiger partial charge is 0.273 e. The molecule has 0 saturated carbocycles. The summed E-state index contributed by atoms with van der Waals surface area (Å²) < 4.78 is 5.90. The number of hydrogen-bond donors (Lipinski definition) is 0. The van der Waals surface area contributed by atoms with Gasteiger partial charge in [-0.2, -0.15) is 0 Å². The van der Waals surface area contributed by atoms with Gasteiger partial charge in [-0.05, 0) is 31.9 Å². The molecule has 2 heterocycles. The number of nitrogens with zero attached hydrogens (tertiary/aromatic N) is 5. The number of nitro groups is 1. The number of rotatable bonds is 5. The number of carbonyl (C=O) groups excluding carboxylic acids is 1. The molecule has 1 atom stereocenters. The van der Waals surface area contributed by atoms with Crippen LogP contribution in [0.1, 0.15) is 28.8 Å². The normalized spacial score (nSPS) is 16.5. The molecule has 1 saturated heterocycles. The molecular formula is C19H23N5O4. The summed E-state index contributed by atoms with van der Waals surface area (Å²) in [5.41, 5.74) is 0.683. The van der Waals surface area contributed by atoms with Crippen LogP contribution in [0.15, 0.2) is 30.3 Å². The lowest BCUT2D eigenvalue weighted by Gasteiger charge is -2.32. The van der Waals surface area contributed by atoms with Crippen molar-refractivity contribution in [3.63, 3.8) is 0 Å². The number of nitro benzene ring substituents is 1. The minimum absolute atomic E-state index is 0.0492. The van der Waals surface area contributed by atoms with Gasteiger partial charge in [0.15, 0.2) is 5.82 Å². The van der Waals surface area contributed by atoms with Crippen molar-refractivity contribution in [1.29, 1.82) is 0 Å². The third kappa shape index (κ3) is 4.19. The number of likely N-dealkylation sites (tertiary alicyclic amines) is 1. The van der Waals surface area contributed by atoms with E-state index in [0.717, 1.165) is 18.7 Å². The van der Waals surface area contributed by atoms with Crippen molar-refractivity contribution in [2.45, 2.75) is 25.9 Å². The van der Waals surface area contributed by atoms with Crippen LogP contribution in [-0.4, -0.2) is 59.2 Å². The van der Waals surface area contributed by atoms with Gasteiger partial charge in [-0.15, -0.1) is 10.2 Å². The highest BCUT2D eigenvalue weighted by Gasteiger charge is 2.28. The van der Waals surface area contributed by atoms with Crippen LogP contribution in [0.2, 0.25) is 0 Å². The van der Waals surface area contributed by atoms with Crippen molar-refractivity contribution < 1.29 is 14.5 Å². The molecule has 2 aromatic rings. The molecule has 1 aromatic heterocycles. The molecule has 9 heteroatoms. The maximum atomic E-state index is 12.9. The first-order chi connectivity index (χ1) is 13.4. The molecular weight excluding hydrogens is 362 g/mol. The monoisotopic (exact) mass is 385 g/mol. The Hall–Kier alpha value is -3.23. The van der Waals surface area contributed by atoms with Crippen LogP contribution < -0.4 is 9.64 Å². The fourth-order valence-electron chi connectivity index (χ4n) is 3.23. The van der Waals surface area contributed by atoms with E-state index in [1.165, 1.54) is 12.1 Å². The minimum atomic E-state index is -0.468. The van der Waals surface area contributed by atoms with Crippen LogP contribution in [0.4, 0.5) is 11.5 Å². The first-order valence-corrected chi connectivity index (χ1v) is 9.08. The summed E-state index contributed by atoms with van der Waals surface area (Å²) in [6.07, 6.45) is 1.39. The lowest BCUT2D eigenvalue weighted by molar-refractivity contribution is -0.385. The second-order valence-electron chi connectivity index (χ2n) is 6.96. The summed E-state index contributed by atoms with van der Waals surface area (Å²) in [5.74, 6) is 0.925. The van der Waals surface area contributed by atoms with Crippen LogP contribution in [0.5, 0.6) is 5.88 Å². The van der Waals surface area contributed by atoms with Crippen LogP contribution >= 0.6 is 0 Å². The average molecular weight is 385 g/mol. The summed E-state index contributed by atoms with van der Waals surface area (Å²) >= 11 is 0. The van der Waals surface area contributed by atoms with Gasteiger partial charge in [-0.3, -0.25) is 14.9 Å². The first kappa shape index (κ1) is 19.5. The van der Waals surface area contributed by atoms with Gasteiger partial charge in [0.1, 0.15) is 6.10 Å². The van der Waals surface area contributed by atoms with Crippen LogP contribution in [0, 0.1) is 17.0 Å². The number of carbonyl (C=O) groups is 1. The molecule has 1 aliphatic rings. The fraction of sp³-hybridized carbons (Fsp3) is 0.421. The molecule has 1 aromatic carbocycles. The second kappa shape index (κ2) is 8.20. The SMILES string of the molecule is Cc1c(C(=O)N2CCCC(Oc3ccc(N(C)C)nn3)C2)cccc1[N+](=O)[O-]. The predicted molar refractivity (Wildman–Crippen MR) is 104 cm³/mol. The number of hydrogen-bond acceptors (Lipinski definition) is 7. The highest BCUT2D eigenvalue weighted by molar-refractivity contribution is 5.96. The van der Waals surface area contributed by atoms with Crippen LogP contribution in [-0.2, 0) is 0 Å². The number of benzene rings is 1. The molecule has 0 spiro atoms. The van der Waals surface area contributed by atoms with Gasteiger partial charge < -0.3 is 14.5 Å². The lowest BCUT2D eigenvalue weighted by Crippen LogP contribution is -2.44. The maximum Gasteiger partial charge on any atom is 0.273 e. The molecule has 3 rings (SSSR count). The molecule has 0 aliphatic carbocycles. The maximum absolute atomic E-state index is 12.9. The van der Waals surface area contributed by atoms with E-state index in [1.807, 2.05) is 25.1 Å². The van der Waals surface area contributed by atoms with Gasteiger partial charge in [0, 0.05) is 43.9 Å². The van der Waals surface area contributed by atoms with Crippen LogP contribution in [0.3, 0.4) is 0 Å². The van der Waals surface area contributed by atoms with E-state index in [-0.39, 0.29) is 17.7 Å². The van der Waals surface area contributed by atoms with E-state index in [9.17, 15) is 14.9 Å². The van der Waals surface area contributed by atoms with E-state index >= 15 is 0 Å². The number of amides is 1. The minimum Gasteiger partial charge on any atom is -0.471 e. The molecule has 148 valence electrons. The molecule has 0 radical (unpaired) electrons. The zero-order valence-electron chi connectivity index (χ0n) is 16.2. The predicted octanol–water partition coefficient (Wildman–Crippen LogP) is 2.44. The molecule has 1 unspecified atom stereocenters. The Balaban J connectivity index is 1.70. The summed E-state index contributed by atoms with van der Waals surface area (Å²) in [7, 11) is 3.76. The summed E-state index contributed by atoms with van der Waals surface area (Å²) in [6, 6.07) is 8.15. The molecule has 1 amide bonds. The number of piperidine rings is 1. The van der Waals surface area contributed by atoms with Crippen molar-refractivity contribution in [2.24, 2.45) is 0 Å². The fourth-order valence-corrected chi connectivity index (χ4v) is 3.23. The zero-order valence-corrected chi connectivity index (χ0v) is 16.2. The van der Waals surface area contributed by atoms with E-state index in [4.69, 9.17) is 4.74 Å². The molecule has 0 bridgehead atoms. The number of anilines is 1. The van der Waals surface area contributed by atoms with Crippen molar-refractivity contribution in [3.8, 4) is 5.88 Å². The highest BCUT2D eigenvalue weighted by Crippen LogP contribution is 2.24. The van der Waals surface area contributed by atoms with Crippen molar-refractivity contribution in [2.75, 3.05) is 32.1 Å². The molecule has 0 N–H and O–H groups in total. The summed E-state index contributed by atoms with van der Waals surface area (Å²) in [6.45, 7) is 2.59. The van der Waals surface area contributed by atoms with E-state index in [1.54, 1.807) is 24.0 Å². The van der Waals surface area contributed by atoms with Gasteiger partial charge in [-0.1, -0.05) is 6.07 Å². The largest absolute Gasteiger partial charge is 0.471 e. The Morgan fingerprint density at radius 2 is 2.07 bits per heavy atom. The first-order valence-electron chi connectivity index (χ1n) is 9.08. The second-order valence-corrected chi connectivity index (χ2v) is 6.96. The average Bonchev–Trinajstić information content (AvgIpc) is 2.68. The third-order valence-corrected chi connectivity index (χ3v) is 4.77. The number of aromatic nitrogens is 2. The van der Waals surface area contributed by atoms with Crippen molar-refractivity contribution in [3.05, 3.63) is 51.6 Å². The summed E-state index contributed by atoms with van der Waals surface area (Å²) in [5, 5.41) is 19.3. The topological polar surface area (TPSA) is 102 Å². The van der Waals surface area contributed by atoms with Crippen molar-refractivity contribution in [1.82, 2.24) is 15.1 Å². The highest BCUT2D eigenvalue weighted by atomic mass is 16.6. The quantitative estimate of drug-likeness (QED) is 0.575. The van der Waals surface area contributed by atoms with E-state index in [2.05, 4.69) is 10.2 Å². The Morgan fingerprint density at radius 3 is 2.71 bits per heavy atom. The van der Waals surface area contributed by atoms with Gasteiger partial charge >= 0.3 is 0 Å². The standard InChI is InChI=1S/C19H23N5O4/c1-13-15(7-4-8-16(13)24(26)27)19(25)23-11-5-6-14(12-23)28-18-10-9-17(20-21-18)22(2)3/h4,7-10,14H,5-6,11-12H2,1-3H3. The van der Waals surface area contributed by atoms with E-state index < -0.39 is 4.92 Å². The Bertz CT molecular complexity index is 869. The van der Waals surface area contributed by atoms with Crippen LogP contribution in [0.25, 0.3) is 0 Å². The Kier molecular flexibility index (Phi) is 5.72. The Labute approximate surface area is 163 Å². The molecule has 28 heavy (non-hydrogen) atoms. The van der Waals surface area contributed by atoms with Gasteiger partial charge in [0.2, 0.25) is 5.88 Å². The van der Waals surface area contributed by atoms with Gasteiger partial charge in [-0.25, -0.2) is 0 Å². The Morgan fingerprint density at radius 1 is 1.29 bits per heavy atom. The zero-order chi connectivity index (χ0) is 20.3. The number of ether oxygens (including phenoxy) is 1. The van der Waals surface area contributed by atoms with Crippen molar-refractivity contribution >= 4 is 17.4 Å². The van der Waals surface area contributed by atoms with E-state index in [0.29, 0.717) is 30.1 Å². The molecule has 1 aliphatic heterocycles. The summed E-state index contributed by atoms with van der Waals surface area (Å²) in [4.78, 5) is 27.1. The third-order valence-electron chi connectivity index (χ3n) is 4.77. The molecule has 9 nitrogen and oxygen atoms in total. The van der Waals surface area contributed by atoms with Gasteiger partial charge in [0.05, 0.1) is 11.5 Å².